The van der Waals surface area contributed by atoms with Crippen molar-refractivity contribution in [1.82, 2.24) is 9.62 Å². The molecule has 1 aromatic rings. The summed E-state index contributed by atoms with van der Waals surface area (Å²) in [4.78, 5) is 2.29. The van der Waals surface area contributed by atoms with E-state index in [0.717, 1.165) is 6.54 Å². The molecule has 0 aliphatic rings. The Balaban J connectivity index is 2.62. The van der Waals surface area contributed by atoms with Gasteiger partial charge >= 0.3 is 0 Å². The molecule has 0 amide bonds. The van der Waals surface area contributed by atoms with Gasteiger partial charge in [0, 0.05) is 13.1 Å². The fraction of sp³-hybridized carbons (Fsp3) is 0.500. The summed E-state index contributed by atoms with van der Waals surface area (Å²) in [5.41, 5.74) is 0. The summed E-state index contributed by atoms with van der Waals surface area (Å²) in [5.74, 6) is 0.639. The van der Waals surface area contributed by atoms with E-state index in [9.17, 15) is 8.42 Å². The summed E-state index contributed by atoms with van der Waals surface area (Å²) < 4.78 is 31.4. The van der Waals surface area contributed by atoms with Gasteiger partial charge in [-0.05, 0) is 37.9 Å². The molecule has 0 aliphatic carbocycles. The van der Waals surface area contributed by atoms with Crippen molar-refractivity contribution in [3.8, 4) is 5.75 Å². The normalized spacial score (nSPS) is 11.8. The zero-order chi connectivity index (χ0) is 13.6. The van der Waals surface area contributed by atoms with Crippen molar-refractivity contribution in [2.24, 2.45) is 0 Å². The Labute approximate surface area is 109 Å². The summed E-state index contributed by atoms with van der Waals surface area (Å²) in [7, 11) is 0.0687. The maximum absolute atomic E-state index is 11.9. The first kappa shape index (κ1) is 14.9. The molecule has 1 rings (SSSR count). The third-order valence-electron chi connectivity index (χ3n) is 2.70. The molecule has 1 aromatic carbocycles. The predicted molar refractivity (Wildman–Crippen MR) is 71.4 cm³/mol. The molecule has 0 heterocycles. The van der Waals surface area contributed by atoms with Crippen LogP contribution in [0.1, 0.15) is 6.92 Å². The van der Waals surface area contributed by atoms with E-state index in [4.69, 9.17) is 4.74 Å². The van der Waals surface area contributed by atoms with Gasteiger partial charge in [0.2, 0.25) is 10.0 Å². The Bertz CT molecular complexity index is 457. The molecule has 102 valence electrons. The summed E-state index contributed by atoms with van der Waals surface area (Å²) in [5, 5.41) is 0. The molecule has 5 nitrogen and oxygen atoms in total. The van der Waals surface area contributed by atoms with Crippen LogP contribution in [-0.2, 0) is 10.0 Å². The van der Waals surface area contributed by atoms with Crippen LogP contribution in [0.5, 0.6) is 5.75 Å². The topological polar surface area (TPSA) is 58.6 Å². The molecule has 0 unspecified atom stereocenters. The number of ether oxygens (including phenoxy) is 1. The van der Waals surface area contributed by atoms with Crippen LogP contribution in [0.25, 0.3) is 0 Å². The minimum absolute atomic E-state index is 0.252. The van der Waals surface area contributed by atoms with Crippen molar-refractivity contribution in [2.75, 3.05) is 33.8 Å². The zero-order valence-electron chi connectivity index (χ0n) is 11.0. The number of likely N-dealkylation sites (N-methyl/N-ethyl adjacent to an activating group) is 1. The van der Waals surface area contributed by atoms with Crippen molar-refractivity contribution < 1.29 is 13.2 Å². The van der Waals surface area contributed by atoms with Gasteiger partial charge in [0.1, 0.15) is 5.75 Å². The summed E-state index contributed by atoms with van der Waals surface area (Å²) in [6.07, 6.45) is 0. The van der Waals surface area contributed by atoms with Crippen LogP contribution in [0.4, 0.5) is 0 Å². The van der Waals surface area contributed by atoms with Gasteiger partial charge in [0.25, 0.3) is 0 Å². The van der Waals surface area contributed by atoms with E-state index < -0.39 is 10.0 Å². The second-order valence-electron chi connectivity index (χ2n) is 3.97. The average molecular weight is 272 g/mol. The monoisotopic (exact) mass is 272 g/mol. The molecular weight excluding hydrogens is 252 g/mol. The largest absolute Gasteiger partial charge is 0.497 e. The van der Waals surface area contributed by atoms with Crippen LogP contribution in [0.3, 0.4) is 0 Å². The van der Waals surface area contributed by atoms with Gasteiger partial charge in [-0.1, -0.05) is 6.92 Å². The first-order chi connectivity index (χ1) is 8.49. The van der Waals surface area contributed by atoms with E-state index >= 15 is 0 Å². The molecular formula is C12H20N2O3S. The van der Waals surface area contributed by atoms with Gasteiger partial charge in [-0.15, -0.1) is 0 Å². The first-order valence-electron chi connectivity index (χ1n) is 5.82. The van der Waals surface area contributed by atoms with E-state index in [0.29, 0.717) is 18.8 Å². The Morgan fingerprint density at radius 1 is 1.28 bits per heavy atom. The van der Waals surface area contributed by atoms with Crippen molar-refractivity contribution >= 4 is 10.0 Å². The maximum Gasteiger partial charge on any atom is 0.240 e. The second-order valence-corrected chi connectivity index (χ2v) is 5.74. The lowest BCUT2D eigenvalue weighted by atomic mass is 10.3. The number of hydrogen-bond donors (Lipinski definition) is 1. The summed E-state index contributed by atoms with van der Waals surface area (Å²) >= 11 is 0. The molecule has 0 spiro atoms. The Morgan fingerprint density at radius 2 is 1.89 bits per heavy atom. The van der Waals surface area contributed by atoms with E-state index in [1.807, 2.05) is 18.9 Å². The van der Waals surface area contributed by atoms with Crippen LogP contribution in [-0.4, -0.2) is 47.1 Å². The van der Waals surface area contributed by atoms with Gasteiger partial charge in [-0.2, -0.15) is 0 Å². The van der Waals surface area contributed by atoms with Crippen LogP contribution >= 0.6 is 0 Å². The molecule has 0 fully saturated rings. The number of rotatable bonds is 7. The van der Waals surface area contributed by atoms with Crippen LogP contribution in [0.2, 0.25) is 0 Å². The Kier molecular flexibility index (Phi) is 5.58. The van der Waals surface area contributed by atoms with Crippen LogP contribution in [0.15, 0.2) is 29.2 Å². The van der Waals surface area contributed by atoms with Crippen molar-refractivity contribution in [3.63, 3.8) is 0 Å². The van der Waals surface area contributed by atoms with Crippen molar-refractivity contribution in [3.05, 3.63) is 24.3 Å². The quantitative estimate of drug-likeness (QED) is 0.802. The third kappa shape index (κ3) is 4.29. The highest BCUT2D eigenvalue weighted by atomic mass is 32.2. The molecule has 0 atom stereocenters. The SMILES string of the molecule is CCN(C)CCNS(=O)(=O)c1ccc(OC)cc1. The van der Waals surface area contributed by atoms with Crippen LogP contribution in [0, 0.1) is 0 Å². The van der Waals surface area contributed by atoms with E-state index in [2.05, 4.69) is 4.72 Å². The summed E-state index contributed by atoms with van der Waals surface area (Å²) in [6, 6.07) is 6.33. The average Bonchev–Trinajstić information content (AvgIpc) is 2.38. The summed E-state index contributed by atoms with van der Waals surface area (Å²) in [6.45, 7) is 4.01. The lowest BCUT2D eigenvalue weighted by molar-refractivity contribution is 0.358. The molecule has 0 aromatic heterocycles. The number of nitrogens with one attached hydrogen (secondary N) is 1. The van der Waals surface area contributed by atoms with Crippen LogP contribution < -0.4 is 9.46 Å². The van der Waals surface area contributed by atoms with Gasteiger partial charge in [0.15, 0.2) is 0 Å². The number of sulfonamides is 1. The second kappa shape index (κ2) is 6.72. The number of benzene rings is 1. The van der Waals surface area contributed by atoms with E-state index in [-0.39, 0.29) is 4.90 Å². The third-order valence-corrected chi connectivity index (χ3v) is 4.17. The highest BCUT2D eigenvalue weighted by molar-refractivity contribution is 7.89. The van der Waals surface area contributed by atoms with Crippen molar-refractivity contribution in [1.29, 1.82) is 0 Å². The minimum Gasteiger partial charge on any atom is -0.497 e. The predicted octanol–water partition coefficient (Wildman–Crippen LogP) is 0.925. The number of methoxy groups -OCH3 is 1. The van der Waals surface area contributed by atoms with E-state index in [1.54, 1.807) is 19.2 Å². The molecule has 0 radical (unpaired) electrons. The number of nitrogens with zero attached hydrogens (tertiary/aromatic N) is 1. The molecule has 0 saturated heterocycles. The smallest absolute Gasteiger partial charge is 0.240 e. The highest BCUT2D eigenvalue weighted by Crippen LogP contribution is 2.14. The van der Waals surface area contributed by atoms with Gasteiger partial charge in [-0.25, -0.2) is 13.1 Å². The molecule has 1 N–H and O–H groups in total. The van der Waals surface area contributed by atoms with Crippen molar-refractivity contribution in [2.45, 2.75) is 11.8 Å². The van der Waals surface area contributed by atoms with Gasteiger partial charge < -0.3 is 9.64 Å². The first-order valence-corrected chi connectivity index (χ1v) is 7.30. The molecule has 0 saturated carbocycles. The highest BCUT2D eigenvalue weighted by Gasteiger charge is 2.13. The molecule has 18 heavy (non-hydrogen) atoms. The molecule has 6 heteroatoms. The Morgan fingerprint density at radius 3 is 2.39 bits per heavy atom. The number of hydrogen-bond acceptors (Lipinski definition) is 4. The lowest BCUT2D eigenvalue weighted by Crippen LogP contribution is -2.32. The van der Waals surface area contributed by atoms with Gasteiger partial charge in [-0.3, -0.25) is 0 Å². The Hall–Kier alpha value is -1.11. The fourth-order valence-electron chi connectivity index (χ4n) is 1.37. The molecule has 0 aliphatic heterocycles. The fourth-order valence-corrected chi connectivity index (χ4v) is 2.39. The maximum atomic E-state index is 11.9. The lowest BCUT2D eigenvalue weighted by Gasteiger charge is -2.14. The zero-order valence-corrected chi connectivity index (χ0v) is 11.8. The minimum atomic E-state index is -3.42. The molecule has 0 bridgehead atoms. The standard InChI is InChI=1S/C12H20N2O3S/c1-4-14(2)10-9-13-18(15,16)12-7-5-11(17-3)6-8-12/h5-8,13H,4,9-10H2,1-3H3. The van der Waals surface area contributed by atoms with E-state index in [1.165, 1.54) is 12.1 Å². The van der Waals surface area contributed by atoms with Gasteiger partial charge in [0.05, 0.1) is 12.0 Å².